The molecule has 3 heterocycles. The molecule has 7 atom stereocenters. The Hall–Kier alpha value is -1.45. The predicted molar refractivity (Wildman–Crippen MR) is 190 cm³/mol. The van der Waals surface area contributed by atoms with Crippen molar-refractivity contribution < 1.29 is 43.5 Å². The Morgan fingerprint density at radius 1 is 0.800 bits per heavy atom. The molecular formula is C35H64N3O11P. The number of unbranched alkanes of at least 4 members (excludes halogenated alkanes) is 13. The summed E-state index contributed by atoms with van der Waals surface area (Å²) in [5.41, 5.74) is -1.44. The summed E-state index contributed by atoms with van der Waals surface area (Å²) in [5, 5.41) is 41.3. The highest BCUT2D eigenvalue weighted by Gasteiger charge is 2.45. The summed E-state index contributed by atoms with van der Waals surface area (Å²) in [6.45, 7) is 3.92. The van der Waals surface area contributed by atoms with Crippen molar-refractivity contribution in [2.75, 3.05) is 52.2 Å². The third kappa shape index (κ3) is 16.1. The van der Waals surface area contributed by atoms with Gasteiger partial charge in [0.2, 0.25) is 0 Å². The lowest BCUT2D eigenvalue weighted by atomic mass is 10.0. The summed E-state index contributed by atoms with van der Waals surface area (Å²) < 4.78 is 37.8. The average molecular weight is 734 g/mol. The van der Waals surface area contributed by atoms with Crippen molar-refractivity contribution in [3.8, 4) is 0 Å². The monoisotopic (exact) mass is 733 g/mol. The number of nitrogens with one attached hydrogen (secondary N) is 1. The number of hydrogen-bond acceptors (Lipinski definition) is 12. The summed E-state index contributed by atoms with van der Waals surface area (Å²) in [7, 11) is -3.77. The molecule has 50 heavy (non-hydrogen) atoms. The zero-order chi connectivity index (χ0) is 36.2. The number of H-pyrrole nitrogens is 1. The fourth-order valence-corrected chi connectivity index (χ4v) is 8.17. The maximum Gasteiger partial charge on any atom is 0.332 e. The van der Waals surface area contributed by atoms with Crippen LogP contribution >= 0.6 is 7.60 Å². The van der Waals surface area contributed by atoms with Crippen molar-refractivity contribution >= 4 is 7.60 Å². The molecule has 2 saturated heterocycles. The molecule has 2 fully saturated rings. The number of aliphatic hydroxyl groups is 4. The lowest BCUT2D eigenvalue weighted by Gasteiger charge is -2.34. The Morgan fingerprint density at radius 3 is 1.98 bits per heavy atom. The van der Waals surface area contributed by atoms with Gasteiger partial charge >= 0.3 is 13.3 Å². The van der Waals surface area contributed by atoms with Crippen LogP contribution in [0.3, 0.4) is 0 Å². The zero-order valence-electron chi connectivity index (χ0n) is 30.1. The Kier molecular flexibility index (Phi) is 20.6. The second-order valence-corrected chi connectivity index (χ2v) is 16.1. The van der Waals surface area contributed by atoms with Crippen molar-refractivity contribution in [2.45, 2.75) is 146 Å². The van der Waals surface area contributed by atoms with E-state index in [9.17, 15) is 34.6 Å². The van der Waals surface area contributed by atoms with Crippen molar-refractivity contribution in [3.05, 3.63) is 33.1 Å². The van der Waals surface area contributed by atoms with Crippen molar-refractivity contribution in [2.24, 2.45) is 0 Å². The van der Waals surface area contributed by atoms with Gasteiger partial charge in [-0.15, -0.1) is 0 Å². The topological polar surface area (TPSA) is 193 Å². The molecule has 2 aliphatic heterocycles. The van der Waals surface area contributed by atoms with Crippen LogP contribution in [0.15, 0.2) is 21.9 Å². The molecule has 14 nitrogen and oxygen atoms in total. The summed E-state index contributed by atoms with van der Waals surface area (Å²) in [6.07, 6.45) is 13.2. The van der Waals surface area contributed by atoms with E-state index < -0.39 is 62.2 Å². The van der Waals surface area contributed by atoms with Crippen LogP contribution in [0.1, 0.15) is 116 Å². The van der Waals surface area contributed by atoms with E-state index in [4.69, 9.17) is 18.5 Å². The molecule has 0 spiro atoms. The SMILES string of the molecule is CCCCCCCCCCCCCCCCOCCCOP(=O)(CCN1C[C@H](O)C[C@@H](O)C1)OC[C@H]1O[C@@H](n2ccc(=O)[nH]c2=O)[C@H](O)[C@@H]1O. The first-order valence-corrected chi connectivity index (χ1v) is 20.7. The Bertz CT molecular complexity index is 1210. The van der Waals surface area contributed by atoms with Crippen LogP contribution in [0.2, 0.25) is 0 Å². The molecule has 0 aliphatic carbocycles. The van der Waals surface area contributed by atoms with E-state index in [1.54, 1.807) is 4.90 Å². The minimum absolute atomic E-state index is 0.0411. The number of likely N-dealkylation sites (tertiary alicyclic amines) is 1. The number of rotatable bonds is 27. The highest BCUT2D eigenvalue weighted by Crippen LogP contribution is 2.49. The van der Waals surface area contributed by atoms with Gasteiger partial charge in [-0.25, -0.2) is 4.79 Å². The maximum atomic E-state index is 13.9. The number of piperidine rings is 1. The molecule has 5 N–H and O–H groups in total. The van der Waals surface area contributed by atoms with Gasteiger partial charge in [-0.2, -0.15) is 0 Å². The van der Waals surface area contributed by atoms with Crippen LogP contribution < -0.4 is 11.2 Å². The molecule has 2 aliphatic rings. The van der Waals surface area contributed by atoms with Gasteiger partial charge < -0.3 is 38.9 Å². The summed E-state index contributed by atoms with van der Waals surface area (Å²) in [6, 6.07) is 1.09. The number of nitrogens with zero attached hydrogens (tertiary/aromatic N) is 2. The Labute approximate surface area is 297 Å². The first-order valence-electron chi connectivity index (χ1n) is 19.0. The lowest BCUT2D eigenvalue weighted by Crippen LogP contribution is -2.46. The highest BCUT2D eigenvalue weighted by molar-refractivity contribution is 7.53. The third-order valence-electron chi connectivity index (χ3n) is 9.43. The number of ether oxygens (including phenoxy) is 2. The molecule has 0 amide bonds. The molecule has 290 valence electrons. The van der Waals surface area contributed by atoms with Crippen molar-refractivity contribution in [3.63, 3.8) is 0 Å². The van der Waals surface area contributed by atoms with Gasteiger partial charge in [-0.3, -0.25) is 23.8 Å². The quantitative estimate of drug-likeness (QED) is 0.0652. The highest BCUT2D eigenvalue weighted by atomic mass is 31.2. The standard InChI is InChI=1S/C35H64N3O11P/c1-2-3-4-5-6-7-8-9-10-11-12-13-14-15-20-46-21-16-22-47-50(45,23-19-37-25-28(39)24-29(40)26-37)48-27-30-32(42)33(43)34(49-30)38-18-17-31(41)36-35(38)44/h17-18,28-30,32-34,39-40,42-43H,2-16,19-27H2,1H3,(H,36,41,44)/t28-,29-,30-,32-,33-,34-,50?/m1/s1. The van der Waals surface area contributed by atoms with E-state index in [2.05, 4.69) is 11.9 Å². The van der Waals surface area contributed by atoms with Gasteiger partial charge in [-0.1, -0.05) is 90.4 Å². The van der Waals surface area contributed by atoms with Gasteiger partial charge in [0.05, 0.1) is 31.6 Å². The molecule has 0 radical (unpaired) electrons. The normalized spacial score (nSPS) is 25.6. The molecule has 0 saturated carbocycles. The van der Waals surface area contributed by atoms with E-state index in [1.807, 2.05) is 0 Å². The summed E-state index contributed by atoms with van der Waals surface area (Å²) in [4.78, 5) is 27.5. The molecule has 1 aromatic rings. The molecule has 0 aromatic carbocycles. The van der Waals surface area contributed by atoms with Crippen molar-refractivity contribution in [1.29, 1.82) is 0 Å². The first kappa shape index (κ1) is 43.0. The van der Waals surface area contributed by atoms with E-state index >= 15 is 0 Å². The number of hydrogen-bond donors (Lipinski definition) is 5. The fourth-order valence-electron chi connectivity index (χ4n) is 6.52. The molecule has 3 rings (SSSR count). The lowest BCUT2D eigenvalue weighted by molar-refractivity contribution is -0.0533. The molecule has 0 bridgehead atoms. The van der Waals surface area contributed by atoms with Gasteiger partial charge in [0.1, 0.15) is 18.3 Å². The van der Waals surface area contributed by atoms with Crippen LogP contribution in [0, 0.1) is 0 Å². The van der Waals surface area contributed by atoms with Crippen LogP contribution in [-0.4, -0.2) is 118 Å². The Morgan fingerprint density at radius 2 is 1.38 bits per heavy atom. The van der Waals surface area contributed by atoms with E-state index in [0.717, 1.165) is 29.7 Å². The van der Waals surface area contributed by atoms with Gasteiger partial charge in [-0.05, 0) is 12.8 Å². The van der Waals surface area contributed by atoms with Crippen LogP contribution in [-0.2, 0) is 23.1 Å². The minimum atomic E-state index is -3.77. The van der Waals surface area contributed by atoms with Gasteiger partial charge in [0.15, 0.2) is 6.23 Å². The van der Waals surface area contributed by atoms with Crippen LogP contribution in [0.4, 0.5) is 0 Å². The third-order valence-corrected chi connectivity index (χ3v) is 11.3. The first-order chi connectivity index (χ1) is 24.1. The number of β-amino-alcohol motifs (C(OH)–C–C–N with tert-alkyl or cyclic N) is 2. The Balaban J connectivity index is 1.34. The van der Waals surface area contributed by atoms with Crippen LogP contribution in [0.25, 0.3) is 0 Å². The number of aliphatic hydroxyl groups excluding tert-OH is 4. The van der Waals surface area contributed by atoms with Gasteiger partial charge in [0, 0.05) is 51.5 Å². The fraction of sp³-hybridized carbons (Fsp3) is 0.886. The van der Waals surface area contributed by atoms with E-state index in [-0.39, 0.29) is 25.7 Å². The second kappa shape index (κ2) is 24.0. The zero-order valence-corrected chi connectivity index (χ0v) is 31.0. The number of aromatic nitrogens is 2. The number of aromatic amines is 1. The molecule has 1 aromatic heterocycles. The van der Waals surface area contributed by atoms with E-state index in [0.29, 0.717) is 32.7 Å². The van der Waals surface area contributed by atoms with Gasteiger partial charge in [0.25, 0.3) is 5.56 Å². The maximum absolute atomic E-state index is 13.9. The predicted octanol–water partition coefficient (Wildman–Crippen LogP) is 3.70. The molecule has 15 heteroatoms. The van der Waals surface area contributed by atoms with Crippen molar-refractivity contribution in [1.82, 2.24) is 14.5 Å². The summed E-state index contributed by atoms with van der Waals surface area (Å²) >= 11 is 0. The second-order valence-electron chi connectivity index (χ2n) is 13.9. The van der Waals surface area contributed by atoms with E-state index in [1.165, 1.54) is 77.0 Å². The average Bonchev–Trinajstić information content (AvgIpc) is 3.36. The summed E-state index contributed by atoms with van der Waals surface area (Å²) in [5.74, 6) is 0. The molecular weight excluding hydrogens is 669 g/mol. The molecule has 1 unspecified atom stereocenters. The largest absolute Gasteiger partial charge is 0.392 e. The smallest absolute Gasteiger partial charge is 0.332 e. The minimum Gasteiger partial charge on any atom is -0.392 e. The van der Waals surface area contributed by atoms with Crippen LogP contribution in [0.5, 0.6) is 0 Å².